The lowest BCUT2D eigenvalue weighted by Gasteiger charge is -2.18. The van der Waals surface area contributed by atoms with Crippen LogP contribution in [0.5, 0.6) is 0 Å². The molecule has 0 bridgehead atoms. The third-order valence-corrected chi connectivity index (χ3v) is 3.23. The second-order valence-corrected chi connectivity index (χ2v) is 4.38. The number of aryl methyl sites for hydroxylation is 2. The molecule has 1 aliphatic heterocycles. The SMILES string of the molecule is Cc1cc(N2CCCC2)c([N+](=O)[O-])cc1C. The Balaban J connectivity index is 2.48. The zero-order valence-corrected chi connectivity index (χ0v) is 9.69. The van der Waals surface area contributed by atoms with Crippen LogP contribution in [0, 0.1) is 24.0 Å². The molecular weight excluding hydrogens is 204 g/mol. The molecule has 0 saturated carbocycles. The fraction of sp³-hybridized carbons (Fsp3) is 0.500. The summed E-state index contributed by atoms with van der Waals surface area (Å²) in [5.41, 5.74) is 3.12. The maximum Gasteiger partial charge on any atom is 0.292 e. The quantitative estimate of drug-likeness (QED) is 0.568. The summed E-state index contributed by atoms with van der Waals surface area (Å²) < 4.78 is 0. The summed E-state index contributed by atoms with van der Waals surface area (Å²) in [5.74, 6) is 0. The largest absolute Gasteiger partial charge is 0.366 e. The highest BCUT2D eigenvalue weighted by Crippen LogP contribution is 2.33. The molecule has 0 aliphatic carbocycles. The van der Waals surface area contributed by atoms with Gasteiger partial charge in [0.05, 0.1) is 4.92 Å². The van der Waals surface area contributed by atoms with Crippen LogP contribution in [0.1, 0.15) is 24.0 Å². The van der Waals surface area contributed by atoms with E-state index in [4.69, 9.17) is 0 Å². The van der Waals surface area contributed by atoms with Crippen molar-refractivity contribution in [2.45, 2.75) is 26.7 Å². The number of nitro benzene ring substituents is 1. The zero-order chi connectivity index (χ0) is 11.7. The third-order valence-electron chi connectivity index (χ3n) is 3.23. The van der Waals surface area contributed by atoms with Gasteiger partial charge in [-0.05, 0) is 43.9 Å². The van der Waals surface area contributed by atoms with E-state index >= 15 is 0 Å². The van der Waals surface area contributed by atoms with E-state index in [0.29, 0.717) is 0 Å². The molecule has 1 fully saturated rings. The topological polar surface area (TPSA) is 46.4 Å². The maximum atomic E-state index is 11.0. The Bertz CT molecular complexity index is 423. The number of anilines is 1. The van der Waals surface area contributed by atoms with Crippen molar-refractivity contribution in [2.75, 3.05) is 18.0 Å². The number of hydrogen-bond donors (Lipinski definition) is 0. The van der Waals surface area contributed by atoms with Gasteiger partial charge in [-0.1, -0.05) is 0 Å². The fourth-order valence-corrected chi connectivity index (χ4v) is 2.14. The van der Waals surface area contributed by atoms with Crippen molar-refractivity contribution in [3.8, 4) is 0 Å². The summed E-state index contributed by atoms with van der Waals surface area (Å²) in [7, 11) is 0. The first-order valence-corrected chi connectivity index (χ1v) is 5.60. The zero-order valence-electron chi connectivity index (χ0n) is 9.69. The first-order chi connectivity index (χ1) is 7.59. The van der Waals surface area contributed by atoms with Gasteiger partial charge in [0, 0.05) is 19.2 Å². The number of rotatable bonds is 2. The van der Waals surface area contributed by atoms with E-state index in [-0.39, 0.29) is 10.6 Å². The van der Waals surface area contributed by atoms with Crippen molar-refractivity contribution in [1.29, 1.82) is 0 Å². The van der Waals surface area contributed by atoms with Crippen LogP contribution in [0.2, 0.25) is 0 Å². The average Bonchev–Trinajstić information content (AvgIpc) is 2.74. The Morgan fingerprint density at radius 1 is 1.19 bits per heavy atom. The first kappa shape index (κ1) is 10.9. The summed E-state index contributed by atoms with van der Waals surface area (Å²) in [6.45, 7) is 5.78. The van der Waals surface area contributed by atoms with Gasteiger partial charge in [0.1, 0.15) is 5.69 Å². The van der Waals surface area contributed by atoms with E-state index < -0.39 is 0 Å². The molecule has 2 rings (SSSR count). The molecule has 4 heteroatoms. The second-order valence-electron chi connectivity index (χ2n) is 4.38. The number of benzene rings is 1. The van der Waals surface area contributed by atoms with Crippen LogP contribution >= 0.6 is 0 Å². The van der Waals surface area contributed by atoms with Crippen LogP contribution in [0.25, 0.3) is 0 Å². The minimum atomic E-state index is -0.278. The third kappa shape index (κ3) is 1.87. The minimum Gasteiger partial charge on any atom is -0.366 e. The monoisotopic (exact) mass is 220 g/mol. The molecular formula is C12H16N2O2. The second kappa shape index (κ2) is 4.12. The van der Waals surface area contributed by atoms with Crippen molar-refractivity contribution in [2.24, 2.45) is 0 Å². The Morgan fingerprint density at radius 3 is 2.31 bits per heavy atom. The van der Waals surface area contributed by atoms with Gasteiger partial charge in [-0.25, -0.2) is 0 Å². The van der Waals surface area contributed by atoms with E-state index in [9.17, 15) is 10.1 Å². The lowest BCUT2D eigenvalue weighted by atomic mass is 10.1. The Morgan fingerprint density at radius 2 is 1.75 bits per heavy atom. The predicted octanol–water partition coefficient (Wildman–Crippen LogP) is 2.81. The van der Waals surface area contributed by atoms with Crippen LogP contribution in [-0.2, 0) is 0 Å². The number of nitro groups is 1. The fourth-order valence-electron chi connectivity index (χ4n) is 2.14. The van der Waals surface area contributed by atoms with E-state index in [1.165, 1.54) is 0 Å². The van der Waals surface area contributed by atoms with Crippen molar-refractivity contribution < 1.29 is 4.92 Å². The Labute approximate surface area is 95.0 Å². The lowest BCUT2D eigenvalue weighted by molar-refractivity contribution is -0.384. The van der Waals surface area contributed by atoms with Crippen LogP contribution in [0.3, 0.4) is 0 Å². The van der Waals surface area contributed by atoms with E-state index in [2.05, 4.69) is 4.90 Å². The molecule has 86 valence electrons. The molecule has 1 heterocycles. The van der Waals surface area contributed by atoms with Crippen molar-refractivity contribution in [3.63, 3.8) is 0 Å². The van der Waals surface area contributed by atoms with Gasteiger partial charge < -0.3 is 4.90 Å². The summed E-state index contributed by atoms with van der Waals surface area (Å²) in [4.78, 5) is 12.9. The highest BCUT2D eigenvalue weighted by atomic mass is 16.6. The highest BCUT2D eigenvalue weighted by Gasteiger charge is 2.22. The molecule has 1 aromatic rings. The molecule has 0 spiro atoms. The Kier molecular flexibility index (Phi) is 2.81. The maximum absolute atomic E-state index is 11.0. The lowest BCUT2D eigenvalue weighted by Crippen LogP contribution is -2.19. The molecule has 0 amide bonds. The van der Waals surface area contributed by atoms with E-state index in [1.807, 2.05) is 19.9 Å². The van der Waals surface area contributed by atoms with Crippen molar-refractivity contribution in [3.05, 3.63) is 33.4 Å². The van der Waals surface area contributed by atoms with Gasteiger partial charge in [-0.3, -0.25) is 10.1 Å². The molecule has 1 aliphatic rings. The first-order valence-electron chi connectivity index (χ1n) is 5.60. The average molecular weight is 220 g/mol. The van der Waals surface area contributed by atoms with Crippen molar-refractivity contribution >= 4 is 11.4 Å². The van der Waals surface area contributed by atoms with E-state index in [1.54, 1.807) is 6.07 Å². The predicted molar refractivity (Wildman–Crippen MR) is 64.0 cm³/mol. The highest BCUT2D eigenvalue weighted by molar-refractivity contribution is 5.66. The molecule has 1 aromatic carbocycles. The minimum absolute atomic E-state index is 0.241. The molecule has 0 radical (unpaired) electrons. The van der Waals surface area contributed by atoms with Gasteiger partial charge in [-0.2, -0.15) is 0 Å². The van der Waals surface area contributed by atoms with Gasteiger partial charge in [0.2, 0.25) is 0 Å². The van der Waals surface area contributed by atoms with Crippen molar-refractivity contribution in [1.82, 2.24) is 0 Å². The summed E-state index contributed by atoms with van der Waals surface area (Å²) in [6.07, 6.45) is 2.26. The van der Waals surface area contributed by atoms with Gasteiger partial charge in [0.15, 0.2) is 0 Å². The molecule has 1 saturated heterocycles. The van der Waals surface area contributed by atoms with Crippen LogP contribution in [-0.4, -0.2) is 18.0 Å². The summed E-state index contributed by atoms with van der Waals surface area (Å²) in [5, 5.41) is 11.0. The summed E-state index contributed by atoms with van der Waals surface area (Å²) in [6, 6.07) is 3.63. The van der Waals surface area contributed by atoms with E-state index in [0.717, 1.165) is 42.7 Å². The smallest absolute Gasteiger partial charge is 0.292 e. The summed E-state index contributed by atoms with van der Waals surface area (Å²) >= 11 is 0. The molecule has 0 unspecified atom stereocenters. The van der Waals surface area contributed by atoms with Crippen LogP contribution in [0.4, 0.5) is 11.4 Å². The molecule has 16 heavy (non-hydrogen) atoms. The number of hydrogen-bond acceptors (Lipinski definition) is 3. The van der Waals surface area contributed by atoms with Gasteiger partial charge in [0.25, 0.3) is 5.69 Å². The van der Waals surface area contributed by atoms with Crippen LogP contribution < -0.4 is 4.90 Å². The molecule has 4 nitrogen and oxygen atoms in total. The van der Waals surface area contributed by atoms with Crippen LogP contribution in [0.15, 0.2) is 12.1 Å². The van der Waals surface area contributed by atoms with Gasteiger partial charge in [-0.15, -0.1) is 0 Å². The number of nitrogens with zero attached hydrogens (tertiary/aromatic N) is 2. The van der Waals surface area contributed by atoms with Gasteiger partial charge >= 0.3 is 0 Å². The standard InChI is InChI=1S/C12H16N2O2/c1-9-7-11(13-5-3-4-6-13)12(14(15)16)8-10(9)2/h7-8H,3-6H2,1-2H3. The normalized spacial score (nSPS) is 15.5. The molecule has 0 atom stereocenters. The molecule has 0 N–H and O–H groups in total. The molecule has 0 aromatic heterocycles. The Hall–Kier alpha value is -1.58.